The third-order valence-electron chi connectivity index (χ3n) is 7.04. The molecule has 2 aromatic heterocycles. The van der Waals surface area contributed by atoms with Crippen LogP contribution in [-0.4, -0.2) is 63.9 Å². The summed E-state index contributed by atoms with van der Waals surface area (Å²) < 4.78 is 29.0. The summed E-state index contributed by atoms with van der Waals surface area (Å²) >= 11 is 3.61. The van der Waals surface area contributed by atoms with Crippen molar-refractivity contribution < 1.29 is 18.3 Å². The minimum absolute atomic E-state index is 0.0118. The highest BCUT2D eigenvalue weighted by Crippen LogP contribution is 2.41. The largest absolute Gasteiger partial charge is 0.478 e. The van der Waals surface area contributed by atoms with Crippen molar-refractivity contribution in [1.29, 1.82) is 0 Å². The van der Waals surface area contributed by atoms with Gasteiger partial charge in [-0.1, -0.05) is 0 Å². The van der Waals surface area contributed by atoms with Crippen LogP contribution in [0.3, 0.4) is 0 Å². The lowest BCUT2D eigenvalue weighted by molar-refractivity contribution is 0.0697. The SMILES string of the molecule is CCS(=O)(=O)N1CCC(Nc2c(Br)cnc3c2N=C(c2cc(C)n(-c4ccc(C(=O)O)cc4)c2C)C3)C1. The van der Waals surface area contributed by atoms with E-state index in [2.05, 4.69) is 36.9 Å². The van der Waals surface area contributed by atoms with Gasteiger partial charge in [-0.25, -0.2) is 18.2 Å². The topological polar surface area (TPSA) is 117 Å². The number of halogens is 1. The normalized spacial score (nSPS) is 17.6. The Labute approximate surface area is 224 Å². The number of aliphatic imine (C=N–C) groups is 1. The smallest absolute Gasteiger partial charge is 0.335 e. The molecule has 2 N–H and O–H groups in total. The zero-order chi connectivity index (χ0) is 26.5. The summed E-state index contributed by atoms with van der Waals surface area (Å²) in [6.07, 6.45) is 3.07. The number of carbonyl (C=O) groups is 1. The number of aryl methyl sites for hydroxylation is 1. The minimum atomic E-state index is -3.22. The van der Waals surface area contributed by atoms with Gasteiger partial charge in [0.05, 0.1) is 32.9 Å². The highest BCUT2D eigenvalue weighted by molar-refractivity contribution is 9.10. The molecule has 9 nitrogen and oxygen atoms in total. The van der Waals surface area contributed by atoms with Gasteiger partial charge in [0.15, 0.2) is 0 Å². The molecule has 2 aliphatic rings. The zero-order valence-corrected chi connectivity index (χ0v) is 23.2. The number of aromatic carboxylic acids is 1. The van der Waals surface area contributed by atoms with Gasteiger partial charge in [0.2, 0.25) is 10.0 Å². The highest BCUT2D eigenvalue weighted by Gasteiger charge is 2.32. The molecule has 0 radical (unpaired) electrons. The number of nitrogens with one attached hydrogen (secondary N) is 1. The summed E-state index contributed by atoms with van der Waals surface area (Å²) in [6, 6.07) is 8.91. The van der Waals surface area contributed by atoms with E-state index in [1.807, 2.05) is 26.0 Å². The Morgan fingerprint density at radius 1 is 1.24 bits per heavy atom. The van der Waals surface area contributed by atoms with Gasteiger partial charge in [-0.3, -0.25) is 4.98 Å². The average Bonchev–Trinajstić information content (AvgIpc) is 3.58. The van der Waals surface area contributed by atoms with Gasteiger partial charge in [0.1, 0.15) is 5.69 Å². The van der Waals surface area contributed by atoms with Crippen LogP contribution in [0.4, 0.5) is 11.4 Å². The molecule has 1 fully saturated rings. The maximum absolute atomic E-state index is 12.3. The number of benzene rings is 1. The number of hydrogen-bond acceptors (Lipinski definition) is 6. The van der Waals surface area contributed by atoms with Gasteiger partial charge in [0.25, 0.3) is 0 Å². The maximum Gasteiger partial charge on any atom is 0.335 e. The van der Waals surface area contributed by atoms with Crippen LogP contribution < -0.4 is 5.32 Å². The van der Waals surface area contributed by atoms with Gasteiger partial charge >= 0.3 is 5.97 Å². The fourth-order valence-electron chi connectivity index (χ4n) is 5.08. The second kappa shape index (κ2) is 9.70. The third kappa shape index (κ3) is 4.71. The number of carboxylic acid groups (broad SMARTS) is 1. The number of carboxylic acids is 1. The van der Waals surface area contributed by atoms with Crippen LogP contribution in [0.25, 0.3) is 5.69 Å². The standard InChI is InChI=1S/C26H28BrN5O4S/c1-4-37(35,36)31-10-9-18(14-31)29-24-21(27)13-28-23-12-22(30-25(23)24)20-11-15(2)32(16(20)3)19-7-5-17(6-8-19)26(33)34/h5-8,11,13,18H,4,9-10,12,14H2,1-3H3,(H,28,29)(H,33,34). The first kappa shape index (κ1) is 25.6. The Kier molecular flexibility index (Phi) is 6.71. The Morgan fingerprint density at radius 2 is 1.97 bits per heavy atom. The lowest BCUT2D eigenvalue weighted by Gasteiger charge is -2.18. The first-order valence-corrected chi connectivity index (χ1v) is 14.5. The lowest BCUT2D eigenvalue weighted by atomic mass is 10.1. The molecule has 1 aromatic carbocycles. The van der Waals surface area contributed by atoms with E-state index >= 15 is 0 Å². The molecule has 2 aliphatic heterocycles. The van der Waals surface area contributed by atoms with E-state index in [4.69, 9.17) is 4.99 Å². The highest BCUT2D eigenvalue weighted by atomic mass is 79.9. The van der Waals surface area contributed by atoms with E-state index in [9.17, 15) is 18.3 Å². The molecule has 0 aliphatic carbocycles. The number of aromatic nitrogens is 2. The summed E-state index contributed by atoms with van der Waals surface area (Å²) in [5.74, 6) is -0.851. The molecule has 1 saturated heterocycles. The molecular formula is C26H28BrN5O4S. The number of pyridine rings is 1. The predicted molar refractivity (Wildman–Crippen MR) is 147 cm³/mol. The van der Waals surface area contributed by atoms with Crippen LogP contribution in [0.2, 0.25) is 0 Å². The van der Waals surface area contributed by atoms with Gasteiger partial charge < -0.3 is 15.0 Å². The van der Waals surface area contributed by atoms with Crippen molar-refractivity contribution in [1.82, 2.24) is 13.9 Å². The molecule has 1 unspecified atom stereocenters. The van der Waals surface area contributed by atoms with Gasteiger partial charge in [0, 0.05) is 54.4 Å². The van der Waals surface area contributed by atoms with Crippen molar-refractivity contribution in [2.75, 3.05) is 24.2 Å². The molecule has 1 atom stereocenters. The molecule has 0 amide bonds. The summed E-state index contributed by atoms with van der Waals surface area (Å²) in [4.78, 5) is 20.8. The molecular weight excluding hydrogens is 558 g/mol. The van der Waals surface area contributed by atoms with Crippen molar-refractivity contribution >= 4 is 49.0 Å². The first-order chi connectivity index (χ1) is 17.6. The molecule has 5 rings (SSSR count). The van der Waals surface area contributed by atoms with Crippen LogP contribution in [0.5, 0.6) is 0 Å². The van der Waals surface area contributed by atoms with Gasteiger partial charge in [-0.15, -0.1) is 0 Å². The molecule has 194 valence electrons. The molecule has 3 aromatic rings. The van der Waals surface area contributed by atoms with E-state index in [0.717, 1.165) is 56.3 Å². The van der Waals surface area contributed by atoms with Crippen molar-refractivity contribution in [2.24, 2.45) is 4.99 Å². The number of anilines is 1. The number of hydrogen-bond donors (Lipinski definition) is 2. The molecule has 0 spiro atoms. The Bertz CT molecular complexity index is 1530. The summed E-state index contributed by atoms with van der Waals surface area (Å²) in [5.41, 5.74) is 7.56. The molecule has 0 bridgehead atoms. The van der Waals surface area contributed by atoms with Crippen molar-refractivity contribution in [3.05, 3.63) is 69.2 Å². The maximum atomic E-state index is 12.3. The van der Waals surface area contributed by atoms with Gasteiger partial charge in [-0.2, -0.15) is 4.31 Å². The number of sulfonamides is 1. The average molecular weight is 587 g/mol. The van der Waals surface area contributed by atoms with Gasteiger partial charge in [-0.05, 0) is 73.5 Å². The molecule has 37 heavy (non-hydrogen) atoms. The van der Waals surface area contributed by atoms with Crippen LogP contribution in [0.15, 0.2) is 46.0 Å². The van der Waals surface area contributed by atoms with E-state index < -0.39 is 16.0 Å². The van der Waals surface area contributed by atoms with Crippen molar-refractivity contribution in [2.45, 2.75) is 39.7 Å². The molecule has 11 heteroatoms. The van der Waals surface area contributed by atoms with E-state index in [1.54, 1.807) is 29.6 Å². The van der Waals surface area contributed by atoms with Crippen LogP contribution in [-0.2, 0) is 16.4 Å². The summed E-state index contributed by atoms with van der Waals surface area (Å²) in [7, 11) is -3.22. The second-order valence-electron chi connectivity index (χ2n) is 9.37. The number of rotatable bonds is 7. The Morgan fingerprint density at radius 3 is 2.65 bits per heavy atom. The fraction of sp³-hybridized carbons (Fsp3) is 0.346. The second-order valence-corrected chi connectivity index (χ2v) is 12.5. The quantitative estimate of drug-likeness (QED) is 0.422. The summed E-state index contributed by atoms with van der Waals surface area (Å²) in [6.45, 7) is 6.65. The monoisotopic (exact) mass is 585 g/mol. The molecule has 4 heterocycles. The van der Waals surface area contributed by atoms with Crippen LogP contribution in [0.1, 0.15) is 46.3 Å². The van der Waals surface area contributed by atoms with E-state index in [-0.39, 0.29) is 17.4 Å². The van der Waals surface area contributed by atoms with Crippen LogP contribution >= 0.6 is 15.9 Å². The Hall–Kier alpha value is -3.02. The zero-order valence-electron chi connectivity index (χ0n) is 20.8. The number of nitrogens with zero attached hydrogens (tertiary/aromatic N) is 4. The minimum Gasteiger partial charge on any atom is -0.478 e. The molecule has 0 saturated carbocycles. The van der Waals surface area contributed by atoms with Crippen molar-refractivity contribution in [3.8, 4) is 5.69 Å². The predicted octanol–water partition coefficient (Wildman–Crippen LogP) is 4.46. The fourth-order valence-corrected chi connectivity index (χ4v) is 6.64. The number of fused-ring (bicyclic) bond motifs is 1. The van der Waals surface area contributed by atoms with E-state index in [1.165, 1.54) is 0 Å². The Balaban J connectivity index is 1.44. The van der Waals surface area contributed by atoms with Crippen LogP contribution in [0, 0.1) is 13.8 Å². The third-order valence-corrected chi connectivity index (χ3v) is 9.49. The van der Waals surface area contributed by atoms with Crippen molar-refractivity contribution in [3.63, 3.8) is 0 Å². The van der Waals surface area contributed by atoms with E-state index in [0.29, 0.717) is 19.5 Å². The first-order valence-electron chi connectivity index (χ1n) is 12.1. The lowest BCUT2D eigenvalue weighted by Crippen LogP contribution is -2.32. The summed E-state index contributed by atoms with van der Waals surface area (Å²) in [5, 5.41) is 12.7.